The molecule has 3 aromatic rings. The SMILES string of the molecule is CCCSc1ccccc1-c1nc2cc(C(F)(F)F)cnc2o1. The summed E-state index contributed by atoms with van der Waals surface area (Å²) in [4.78, 5) is 8.90. The zero-order valence-corrected chi connectivity index (χ0v) is 13.0. The molecule has 0 fully saturated rings. The summed E-state index contributed by atoms with van der Waals surface area (Å²) in [5.74, 6) is 1.22. The number of nitrogens with zero attached hydrogens (tertiary/aromatic N) is 2. The second-order valence-electron chi connectivity index (χ2n) is 4.91. The summed E-state index contributed by atoms with van der Waals surface area (Å²) in [6.45, 7) is 2.08. The zero-order valence-electron chi connectivity index (χ0n) is 12.2. The molecule has 0 radical (unpaired) electrons. The van der Waals surface area contributed by atoms with Gasteiger partial charge in [-0.15, -0.1) is 11.8 Å². The Hall–Kier alpha value is -2.02. The highest BCUT2D eigenvalue weighted by Gasteiger charge is 2.31. The first-order chi connectivity index (χ1) is 11.0. The number of pyridine rings is 1. The Balaban J connectivity index is 2.04. The minimum Gasteiger partial charge on any atom is -0.418 e. The van der Waals surface area contributed by atoms with Gasteiger partial charge >= 0.3 is 6.18 Å². The third-order valence-electron chi connectivity index (χ3n) is 3.15. The van der Waals surface area contributed by atoms with E-state index in [2.05, 4.69) is 16.9 Å². The average Bonchev–Trinajstić information content (AvgIpc) is 2.95. The number of halogens is 3. The second-order valence-corrected chi connectivity index (χ2v) is 6.05. The predicted octanol–water partition coefficient (Wildman–Crippen LogP) is 5.41. The molecule has 1 aromatic carbocycles. The van der Waals surface area contributed by atoms with Crippen LogP contribution in [0, 0.1) is 0 Å². The van der Waals surface area contributed by atoms with Gasteiger partial charge in [-0.1, -0.05) is 19.1 Å². The molecule has 3 nitrogen and oxygen atoms in total. The summed E-state index contributed by atoms with van der Waals surface area (Å²) in [5.41, 5.74) is 0.129. The number of hydrogen-bond donors (Lipinski definition) is 0. The van der Waals surface area contributed by atoms with Crippen LogP contribution < -0.4 is 0 Å². The van der Waals surface area contributed by atoms with Crippen molar-refractivity contribution in [3.05, 3.63) is 42.1 Å². The molecule has 3 rings (SSSR count). The van der Waals surface area contributed by atoms with Crippen LogP contribution in [0.25, 0.3) is 22.7 Å². The third kappa shape index (κ3) is 3.34. The number of oxazole rings is 1. The van der Waals surface area contributed by atoms with Gasteiger partial charge in [-0.2, -0.15) is 13.2 Å². The van der Waals surface area contributed by atoms with E-state index in [0.717, 1.165) is 34.9 Å². The number of alkyl halides is 3. The Morgan fingerprint density at radius 2 is 2.00 bits per heavy atom. The Morgan fingerprint density at radius 1 is 1.22 bits per heavy atom. The molecule has 0 aliphatic heterocycles. The van der Waals surface area contributed by atoms with Gasteiger partial charge in [-0.3, -0.25) is 0 Å². The Morgan fingerprint density at radius 3 is 2.74 bits per heavy atom. The van der Waals surface area contributed by atoms with E-state index in [9.17, 15) is 13.2 Å². The van der Waals surface area contributed by atoms with Crippen LogP contribution >= 0.6 is 11.8 Å². The van der Waals surface area contributed by atoms with Crippen molar-refractivity contribution in [2.75, 3.05) is 5.75 Å². The molecule has 0 N–H and O–H groups in total. The first-order valence-corrected chi connectivity index (χ1v) is 8.03. The van der Waals surface area contributed by atoms with Crippen LogP contribution in [0.2, 0.25) is 0 Å². The summed E-state index contributed by atoms with van der Waals surface area (Å²) in [6, 6.07) is 8.49. The standard InChI is InChI=1S/C16H13F3N2OS/c1-2-7-23-13-6-4-3-5-11(13)14-21-12-8-10(16(17,18)19)9-20-15(12)22-14/h3-6,8-9H,2,7H2,1H3. The van der Waals surface area contributed by atoms with Crippen molar-refractivity contribution in [3.8, 4) is 11.5 Å². The molecule has 0 saturated carbocycles. The van der Waals surface area contributed by atoms with Crippen molar-refractivity contribution < 1.29 is 17.6 Å². The second kappa shape index (κ2) is 6.23. The smallest absolute Gasteiger partial charge is 0.417 e. The molecular weight excluding hydrogens is 325 g/mol. The van der Waals surface area contributed by atoms with Crippen molar-refractivity contribution in [1.82, 2.24) is 9.97 Å². The molecular formula is C16H13F3N2OS. The molecule has 0 saturated heterocycles. The molecule has 0 spiro atoms. The molecule has 0 unspecified atom stereocenters. The van der Waals surface area contributed by atoms with E-state index >= 15 is 0 Å². The van der Waals surface area contributed by atoms with Gasteiger partial charge in [0.1, 0.15) is 5.52 Å². The van der Waals surface area contributed by atoms with Crippen LogP contribution in [-0.2, 0) is 6.18 Å². The summed E-state index contributed by atoms with van der Waals surface area (Å²) >= 11 is 1.66. The van der Waals surface area contributed by atoms with Gasteiger partial charge in [0, 0.05) is 11.1 Å². The highest BCUT2D eigenvalue weighted by molar-refractivity contribution is 7.99. The van der Waals surface area contributed by atoms with E-state index in [0.29, 0.717) is 0 Å². The zero-order chi connectivity index (χ0) is 16.4. The number of fused-ring (bicyclic) bond motifs is 1. The number of rotatable bonds is 4. The van der Waals surface area contributed by atoms with Crippen molar-refractivity contribution in [1.29, 1.82) is 0 Å². The maximum Gasteiger partial charge on any atom is 0.417 e. The molecule has 0 atom stereocenters. The maximum absolute atomic E-state index is 12.7. The Labute approximate surface area is 134 Å². The van der Waals surface area contributed by atoms with Gasteiger partial charge in [0.15, 0.2) is 0 Å². The number of benzene rings is 1. The highest BCUT2D eigenvalue weighted by atomic mass is 32.2. The first kappa shape index (κ1) is 15.9. The monoisotopic (exact) mass is 338 g/mol. The fraction of sp³-hybridized carbons (Fsp3) is 0.250. The maximum atomic E-state index is 12.7. The molecule has 7 heteroatoms. The van der Waals surface area contributed by atoms with Crippen LogP contribution in [0.3, 0.4) is 0 Å². The molecule has 2 aromatic heterocycles. The molecule has 0 bridgehead atoms. The van der Waals surface area contributed by atoms with Crippen molar-refractivity contribution in [3.63, 3.8) is 0 Å². The van der Waals surface area contributed by atoms with E-state index in [4.69, 9.17) is 4.42 Å². The lowest BCUT2D eigenvalue weighted by Gasteiger charge is -2.04. The van der Waals surface area contributed by atoms with E-state index in [-0.39, 0.29) is 17.1 Å². The molecule has 0 aliphatic rings. The topological polar surface area (TPSA) is 38.9 Å². The van der Waals surface area contributed by atoms with Crippen molar-refractivity contribution in [2.24, 2.45) is 0 Å². The summed E-state index contributed by atoms with van der Waals surface area (Å²) in [5, 5.41) is 0. The van der Waals surface area contributed by atoms with E-state index in [1.54, 1.807) is 11.8 Å². The number of hydrogen-bond acceptors (Lipinski definition) is 4. The predicted molar refractivity (Wildman–Crippen MR) is 83.3 cm³/mol. The molecule has 0 amide bonds. The lowest BCUT2D eigenvalue weighted by atomic mass is 10.2. The Bertz CT molecular complexity index is 830. The Kier molecular flexibility index (Phi) is 4.30. The van der Waals surface area contributed by atoms with Gasteiger partial charge in [-0.05, 0) is 30.4 Å². The van der Waals surface area contributed by atoms with Crippen LogP contribution in [-0.4, -0.2) is 15.7 Å². The average molecular weight is 338 g/mol. The van der Waals surface area contributed by atoms with Crippen molar-refractivity contribution in [2.45, 2.75) is 24.4 Å². The molecule has 120 valence electrons. The van der Waals surface area contributed by atoms with Crippen LogP contribution in [0.5, 0.6) is 0 Å². The molecule has 2 heterocycles. The quantitative estimate of drug-likeness (QED) is 0.596. The van der Waals surface area contributed by atoms with Gasteiger partial charge in [-0.25, -0.2) is 9.97 Å². The fourth-order valence-corrected chi connectivity index (χ4v) is 2.98. The first-order valence-electron chi connectivity index (χ1n) is 7.05. The summed E-state index contributed by atoms with van der Waals surface area (Å²) in [7, 11) is 0. The van der Waals surface area contributed by atoms with Gasteiger partial charge in [0.2, 0.25) is 11.6 Å². The van der Waals surface area contributed by atoms with E-state index in [1.807, 2.05) is 24.3 Å². The largest absolute Gasteiger partial charge is 0.418 e. The van der Waals surface area contributed by atoms with Gasteiger partial charge in [0.05, 0.1) is 11.1 Å². The fourth-order valence-electron chi connectivity index (χ4n) is 2.07. The van der Waals surface area contributed by atoms with Crippen LogP contribution in [0.15, 0.2) is 45.8 Å². The van der Waals surface area contributed by atoms with Gasteiger partial charge < -0.3 is 4.42 Å². The lowest BCUT2D eigenvalue weighted by molar-refractivity contribution is -0.137. The highest BCUT2D eigenvalue weighted by Crippen LogP contribution is 2.34. The lowest BCUT2D eigenvalue weighted by Crippen LogP contribution is -2.04. The summed E-state index contributed by atoms with van der Waals surface area (Å²) < 4.78 is 43.8. The van der Waals surface area contributed by atoms with Crippen molar-refractivity contribution >= 4 is 23.0 Å². The minimum absolute atomic E-state index is 0.100. The third-order valence-corrected chi connectivity index (χ3v) is 4.43. The molecule has 0 aliphatic carbocycles. The summed E-state index contributed by atoms with van der Waals surface area (Å²) in [6.07, 6.45) is -2.67. The normalized spacial score (nSPS) is 12.0. The number of aromatic nitrogens is 2. The minimum atomic E-state index is -4.45. The van der Waals surface area contributed by atoms with E-state index in [1.165, 1.54) is 0 Å². The van der Waals surface area contributed by atoms with E-state index < -0.39 is 11.7 Å². The van der Waals surface area contributed by atoms with Gasteiger partial charge in [0.25, 0.3) is 0 Å². The van der Waals surface area contributed by atoms with Crippen LogP contribution in [0.1, 0.15) is 18.9 Å². The number of thioether (sulfide) groups is 1. The van der Waals surface area contributed by atoms with Crippen LogP contribution in [0.4, 0.5) is 13.2 Å². The molecule has 23 heavy (non-hydrogen) atoms.